The van der Waals surface area contributed by atoms with Crippen LogP contribution < -0.4 is 10.2 Å². The zero-order valence-electron chi connectivity index (χ0n) is 11.8. The summed E-state index contributed by atoms with van der Waals surface area (Å²) in [7, 11) is 2.05. The number of nitrogens with zero attached hydrogens (tertiary/aromatic N) is 1. The van der Waals surface area contributed by atoms with Gasteiger partial charge in [0.1, 0.15) is 0 Å². The summed E-state index contributed by atoms with van der Waals surface area (Å²) in [6, 6.07) is 9.20. The Morgan fingerprint density at radius 2 is 2.06 bits per heavy atom. The topological polar surface area (TPSA) is 15.3 Å². The number of aryl methyl sites for hydroxylation is 1. The molecular formula is C16H26N2. The van der Waals surface area contributed by atoms with E-state index >= 15 is 0 Å². The van der Waals surface area contributed by atoms with Gasteiger partial charge in [0.15, 0.2) is 0 Å². The van der Waals surface area contributed by atoms with Crippen LogP contribution in [-0.2, 0) is 6.42 Å². The van der Waals surface area contributed by atoms with E-state index in [-0.39, 0.29) is 0 Å². The summed E-state index contributed by atoms with van der Waals surface area (Å²) in [4.78, 5) is 2.52. The van der Waals surface area contributed by atoms with Crippen LogP contribution in [0.5, 0.6) is 0 Å². The van der Waals surface area contributed by atoms with Crippen LogP contribution in [0.3, 0.4) is 0 Å². The second kappa shape index (κ2) is 6.79. The molecule has 1 aromatic rings. The maximum atomic E-state index is 3.29. The maximum absolute atomic E-state index is 3.29. The number of hydrogen-bond acceptors (Lipinski definition) is 2. The Labute approximate surface area is 111 Å². The molecule has 0 spiro atoms. The molecule has 1 unspecified atom stereocenters. The third kappa shape index (κ3) is 3.49. The van der Waals surface area contributed by atoms with Gasteiger partial charge in [0.05, 0.1) is 0 Å². The summed E-state index contributed by atoms with van der Waals surface area (Å²) in [5.41, 5.74) is 2.88. The Balaban J connectivity index is 1.90. The molecule has 2 heteroatoms. The van der Waals surface area contributed by atoms with Crippen molar-refractivity contribution in [3.63, 3.8) is 0 Å². The molecule has 2 rings (SSSR count). The first-order valence-corrected chi connectivity index (χ1v) is 7.32. The summed E-state index contributed by atoms with van der Waals surface area (Å²) in [6.07, 6.45) is 5.12. The van der Waals surface area contributed by atoms with Gasteiger partial charge in [0, 0.05) is 18.8 Å². The van der Waals surface area contributed by atoms with E-state index in [1.54, 1.807) is 0 Å². The number of unbranched alkanes of at least 4 members (excludes halogenated alkanes) is 1. The monoisotopic (exact) mass is 246 g/mol. The van der Waals surface area contributed by atoms with Gasteiger partial charge in [-0.1, -0.05) is 25.5 Å². The van der Waals surface area contributed by atoms with Crippen molar-refractivity contribution >= 4 is 5.69 Å². The predicted molar refractivity (Wildman–Crippen MR) is 79.3 cm³/mol. The molecule has 1 heterocycles. The average Bonchev–Trinajstić information content (AvgIpc) is 2.86. The molecule has 1 fully saturated rings. The fourth-order valence-corrected chi connectivity index (χ4v) is 2.78. The van der Waals surface area contributed by atoms with Gasteiger partial charge in [-0.15, -0.1) is 0 Å². The van der Waals surface area contributed by atoms with Crippen molar-refractivity contribution in [2.24, 2.45) is 5.92 Å². The zero-order chi connectivity index (χ0) is 12.8. The molecular weight excluding hydrogens is 220 g/mol. The van der Waals surface area contributed by atoms with Crippen LogP contribution in [0, 0.1) is 5.92 Å². The zero-order valence-corrected chi connectivity index (χ0v) is 11.8. The SMILES string of the molecule is CCCCc1ccc(N2CCC(CNC)C2)cc1. The van der Waals surface area contributed by atoms with Crippen LogP contribution in [0.2, 0.25) is 0 Å². The van der Waals surface area contributed by atoms with Gasteiger partial charge in [0.2, 0.25) is 0 Å². The van der Waals surface area contributed by atoms with Crippen molar-refractivity contribution in [1.82, 2.24) is 5.32 Å². The van der Waals surface area contributed by atoms with Crippen LogP contribution in [0.15, 0.2) is 24.3 Å². The van der Waals surface area contributed by atoms with Crippen molar-refractivity contribution in [3.05, 3.63) is 29.8 Å². The van der Waals surface area contributed by atoms with E-state index in [1.807, 2.05) is 7.05 Å². The smallest absolute Gasteiger partial charge is 0.0366 e. The molecule has 0 aliphatic carbocycles. The highest BCUT2D eigenvalue weighted by molar-refractivity contribution is 5.48. The summed E-state index contributed by atoms with van der Waals surface area (Å²) in [6.45, 7) is 5.81. The van der Waals surface area contributed by atoms with E-state index in [0.717, 1.165) is 12.5 Å². The van der Waals surface area contributed by atoms with Gasteiger partial charge in [0.25, 0.3) is 0 Å². The van der Waals surface area contributed by atoms with E-state index in [0.29, 0.717) is 0 Å². The summed E-state index contributed by atoms with van der Waals surface area (Å²) in [5.74, 6) is 0.815. The minimum absolute atomic E-state index is 0.815. The molecule has 18 heavy (non-hydrogen) atoms. The maximum Gasteiger partial charge on any atom is 0.0366 e. The fourth-order valence-electron chi connectivity index (χ4n) is 2.78. The highest BCUT2D eigenvalue weighted by Crippen LogP contribution is 2.24. The van der Waals surface area contributed by atoms with E-state index < -0.39 is 0 Å². The lowest BCUT2D eigenvalue weighted by atomic mass is 10.1. The molecule has 1 N–H and O–H groups in total. The van der Waals surface area contributed by atoms with Crippen molar-refractivity contribution in [1.29, 1.82) is 0 Å². The summed E-state index contributed by atoms with van der Waals surface area (Å²) < 4.78 is 0. The van der Waals surface area contributed by atoms with Crippen LogP contribution in [-0.4, -0.2) is 26.7 Å². The third-order valence-corrected chi connectivity index (χ3v) is 3.90. The van der Waals surface area contributed by atoms with E-state index in [9.17, 15) is 0 Å². The molecule has 0 saturated carbocycles. The normalized spacial score (nSPS) is 19.4. The largest absolute Gasteiger partial charge is 0.371 e. The van der Waals surface area contributed by atoms with Gasteiger partial charge >= 0.3 is 0 Å². The lowest BCUT2D eigenvalue weighted by Crippen LogP contribution is -2.24. The minimum Gasteiger partial charge on any atom is -0.371 e. The predicted octanol–water partition coefficient (Wildman–Crippen LogP) is 3.07. The number of anilines is 1. The second-order valence-corrected chi connectivity index (χ2v) is 5.43. The summed E-state index contributed by atoms with van der Waals surface area (Å²) in [5, 5.41) is 3.29. The fraction of sp³-hybridized carbons (Fsp3) is 0.625. The average molecular weight is 246 g/mol. The molecule has 1 aliphatic rings. The van der Waals surface area contributed by atoms with Gasteiger partial charge in [-0.05, 0) is 56.5 Å². The highest BCUT2D eigenvalue weighted by Gasteiger charge is 2.21. The van der Waals surface area contributed by atoms with Gasteiger partial charge in [-0.3, -0.25) is 0 Å². The van der Waals surface area contributed by atoms with E-state index in [1.165, 1.54) is 50.0 Å². The van der Waals surface area contributed by atoms with Crippen molar-refractivity contribution in [2.45, 2.75) is 32.6 Å². The van der Waals surface area contributed by atoms with Crippen LogP contribution in [0.1, 0.15) is 31.7 Å². The molecule has 1 aromatic carbocycles. The standard InChI is InChI=1S/C16H26N2/c1-3-4-5-14-6-8-16(9-7-14)18-11-10-15(13-18)12-17-2/h6-9,15,17H,3-5,10-13H2,1-2H3. The van der Waals surface area contributed by atoms with Crippen molar-refractivity contribution in [2.75, 3.05) is 31.6 Å². The van der Waals surface area contributed by atoms with E-state index in [2.05, 4.69) is 41.4 Å². The highest BCUT2D eigenvalue weighted by atomic mass is 15.2. The second-order valence-electron chi connectivity index (χ2n) is 5.43. The van der Waals surface area contributed by atoms with Crippen LogP contribution >= 0.6 is 0 Å². The molecule has 0 bridgehead atoms. The molecule has 1 atom stereocenters. The van der Waals surface area contributed by atoms with Crippen molar-refractivity contribution in [3.8, 4) is 0 Å². The Morgan fingerprint density at radius 1 is 1.28 bits per heavy atom. The lowest BCUT2D eigenvalue weighted by Gasteiger charge is -2.19. The van der Waals surface area contributed by atoms with E-state index in [4.69, 9.17) is 0 Å². The third-order valence-electron chi connectivity index (χ3n) is 3.90. The molecule has 0 amide bonds. The van der Waals surface area contributed by atoms with Gasteiger partial charge in [-0.2, -0.15) is 0 Å². The molecule has 1 saturated heterocycles. The van der Waals surface area contributed by atoms with Crippen LogP contribution in [0.25, 0.3) is 0 Å². The first-order valence-electron chi connectivity index (χ1n) is 7.32. The molecule has 1 aliphatic heterocycles. The Morgan fingerprint density at radius 3 is 2.72 bits per heavy atom. The number of nitrogens with one attached hydrogen (secondary N) is 1. The molecule has 100 valence electrons. The van der Waals surface area contributed by atoms with Gasteiger partial charge < -0.3 is 10.2 Å². The number of rotatable bonds is 6. The number of benzene rings is 1. The Kier molecular flexibility index (Phi) is 5.06. The quantitative estimate of drug-likeness (QED) is 0.830. The Bertz CT molecular complexity index is 345. The lowest BCUT2D eigenvalue weighted by molar-refractivity contribution is 0.549. The Hall–Kier alpha value is -1.02. The minimum atomic E-state index is 0.815. The van der Waals surface area contributed by atoms with Crippen LogP contribution in [0.4, 0.5) is 5.69 Å². The molecule has 0 aromatic heterocycles. The summed E-state index contributed by atoms with van der Waals surface area (Å²) >= 11 is 0. The molecule has 2 nitrogen and oxygen atoms in total. The first-order chi connectivity index (χ1) is 8.83. The molecule has 0 radical (unpaired) electrons. The van der Waals surface area contributed by atoms with Crippen molar-refractivity contribution < 1.29 is 0 Å². The number of hydrogen-bond donors (Lipinski definition) is 1. The van der Waals surface area contributed by atoms with Gasteiger partial charge in [-0.25, -0.2) is 0 Å². The first kappa shape index (κ1) is 13.4.